The van der Waals surface area contributed by atoms with Crippen LogP contribution in [0.3, 0.4) is 0 Å². The summed E-state index contributed by atoms with van der Waals surface area (Å²) in [6.45, 7) is 2.69. The van der Waals surface area contributed by atoms with E-state index >= 15 is 0 Å². The highest BCUT2D eigenvalue weighted by Crippen LogP contribution is 2.19. The largest absolute Gasteiger partial charge is 0.469 e. The van der Waals surface area contributed by atoms with E-state index in [0.717, 1.165) is 18.6 Å². The molecule has 2 atom stereocenters. The van der Waals surface area contributed by atoms with Crippen LogP contribution in [0.5, 0.6) is 0 Å². The topological polar surface area (TPSA) is 79.6 Å². The number of nitrogens with one attached hydrogen (secondary N) is 1. The number of carbonyl (C=O) groups excluding carboxylic acids is 1. The van der Waals surface area contributed by atoms with Crippen LogP contribution in [0.2, 0.25) is 0 Å². The highest BCUT2D eigenvalue weighted by atomic mass is 32.2. The van der Waals surface area contributed by atoms with Gasteiger partial charge < -0.3 is 9.73 Å². The smallest absolute Gasteiger partial charge is 0.224 e. The SMILES string of the molecule is C[C@@H](Cc1ccco1)NC(=O)[C@H]1CCCN(S(C)(=O)=O)C1. The summed E-state index contributed by atoms with van der Waals surface area (Å²) in [5.74, 6) is 0.471. The van der Waals surface area contributed by atoms with Crippen molar-refractivity contribution in [1.82, 2.24) is 9.62 Å². The van der Waals surface area contributed by atoms with Crippen LogP contribution < -0.4 is 5.32 Å². The van der Waals surface area contributed by atoms with Crippen molar-refractivity contribution in [2.75, 3.05) is 19.3 Å². The molecule has 2 rings (SSSR count). The van der Waals surface area contributed by atoms with Gasteiger partial charge in [-0.2, -0.15) is 0 Å². The Morgan fingerprint density at radius 2 is 2.33 bits per heavy atom. The zero-order valence-corrected chi connectivity index (χ0v) is 13.2. The third-order valence-corrected chi connectivity index (χ3v) is 4.97. The van der Waals surface area contributed by atoms with Crippen molar-refractivity contribution in [2.45, 2.75) is 32.2 Å². The number of amides is 1. The van der Waals surface area contributed by atoms with E-state index in [4.69, 9.17) is 4.42 Å². The van der Waals surface area contributed by atoms with E-state index in [1.54, 1.807) is 6.26 Å². The molecule has 1 aromatic rings. The van der Waals surface area contributed by atoms with E-state index in [0.29, 0.717) is 13.0 Å². The predicted molar refractivity (Wildman–Crippen MR) is 79.2 cm³/mol. The summed E-state index contributed by atoms with van der Waals surface area (Å²) in [4.78, 5) is 12.2. The monoisotopic (exact) mass is 314 g/mol. The molecule has 6 nitrogen and oxygen atoms in total. The summed E-state index contributed by atoms with van der Waals surface area (Å²) in [5, 5.41) is 2.94. The first-order valence-corrected chi connectivity index (χ1v) is 8.99. The lowest BCUT2D eigenvalue weighted by molar-refractivity contribution is -0.126. The second-order valence-corrected chi connectivity index (χ2v) is 7.64. The predicted octanol–water partition coefficient (Wildman–Crippen LogP) is 0.998. The standard InChI is InChI=1S/C14H22N2O4S/c1-11(9-13-6-4-8-20-13)15-14(17)12-5-3-7-16(10-12)21(2,18)19/h4,6,8,11-12H,3,5,7,9-10H2,1-2H3,(H,15,17)/t11-,12-/m0/s1. The lowest BCUT2D eigenvalue weighted by Gasteiger charge is -2.30. The first-order valence-electron chi connectivity index (χ1n) is 7.14. The van der Waals surface area contributed by atoms with E-state index in [-0.39, 0.29) is 24.4 Å². The van der Waals surface area contributed by atoms with Gasteiger partial charge in [0.1, 0.15) is 5.76 Å². The van der Waals surface area contributed by atoms with Crippen LogP contribution in [-0.4, -0.2) is 44.0 Å². The molecule has 2 heterocycles. The van der Waals surface area contributed by atoms with Crippen LogP contribution in [0, 0.1) is 5.92 Å². The quantitative estimate of drug-likeness (QED) is 0.879. The number of rotatable bonds is 5. The van der Waals surface area contributed by atoms with Gasteiger partial charge in [0.05, 0.1) is 18.4 Å². The summed E-state index contributed by atoms with van der Waals surface area (Å²) in [6, 6.07) is 3.64. The van der Waals surface area contributed by atoms with Crippen molar-refractivity contribution in [3.8, 4) is 0 Å². The van der Waals surface area contributed by atoms with Gasteiger partial charge in [0, 0.05) is 25.6 Å². The summed E-state index contributed by atoms with van der Waals surface area (Å²) in [7, 11) is -3.22. The fraction of sp³-hybridized carbons (Fsp3) is 0.643. The average Bonchev–Trinajstić information content (AvgIpc) is 2.90. The lowest BCUT2D eigenvalue weighted by Crippen LogP contribution is -2.47. The average molecular weight is 314 g/mol. The second-order valence-electron chi connectivity index (χ2n) is 5.65. The van der Waals surface area contributed by atoms with Crippen molar-refractivity contribution in [3.63, 3.8) is 0 Å². The van der Waals surface area contributed by atoms with Crippen molar-refractivity contribution in [3.05, 3.63) is 24.2 Å². The zero-order chi connectivity index (χ0) is 15.5. The lowest BCUT2D eigenvalue weighted by atomic mass is 9.98. The number of piperidine rings is 1. The maximum atomic E-state index is 12.2. The molecule has 0 aromatic carbocycles. The maximum absolute atomic E-state index is 12.2. The van der Waals surface area contributed by atoms with E-state index in [1.165, 1.54) is 10.6 Å². The molecule has 1 amide bonds. The number of carbonyl (C=O) groups is 1. The summed E-state index contributed by atoms with van der Waals surface area (Å²) >= 11 is 0. The van der Waals surface area contributed by atoms with Gasteiger partial charge in [-0.05, 0) is 31.9 Å². The van der Waals surface area contributed by atoms with Crippen LogP contribution in [0.15, 0.2) is 22.8 Å². The van der Waals surface area contributed by atoms with E-state index in [2.05, 4.69) is 5.32 Å². The zero-order valence-electron chi connectivity index (χ0n) is 12.4. The molecule has 0 unspecified atom stereocenters. The molecule has 0 radical (unpaired) electrons. The number of hydrogen-bond acceptors (Lipinski definition) is 4. The van der Waals surface area contributed by atoms with Gasteiger partial charge in [-0.15, -0.1) is 0 Å². The van der Waals surface area contributed by atoms with Gasteiger partial charge in [-0.3, -0.25) is 4.79 Å². The Balaban J connectivity index is 1.87. The van der Waals surface area contributed by atoms with Crippen LogP contribution in [0.25, 0.3) is 0 Å². The van der Waals surface area contributed by atoms with Crippen molar-refractivity contribution >= 4 is 15.9 Å². The molecule has 0 aliphatic carbocycles. The minimum absolute atomic E-state index is 0.0442. The third kappa shape index (κ3) is 4.57. The van der Waals surface area contributed by atoms with Crippen LogP contribution in [0.1, 0.15) is 25.5 Å². The molecule has 21 heavy (non-hydrogen) atoms. The minimum Gasteiger partial charge on any atom is -0.469 e. The fourth-order valence-corrected chi connectivity index (χ4v) is 3.51. The van der Waals surface area contributed by atoms with E-state index < -0.39 is 10.0 Å². The molecule has 1 N–H and O–H groups in total. The highest BCUT2D eigenvalue weighted by molar-refractivity contribution is 7.88. The van der Waals surface area contributed by atoms with Crippen LogP contribution in [0.4, 0.5) is 0 Å². The summed E-state index contributed by atoms with van der Waals surface area (Å²) in [5.41, 5.74) is 0. The van der Waals surface area contributed by atoms with Crippen LogP contribution in [-0.2, 0) is 21.2 Å². The number of hydrogen-bond donors (Lipinski definition) is 1. The summed E-state index contributed by atoms with van der Waals surface area (Å²) in [6.07, 6.45) is 4.87. The molecule has 7 heteroatoms. The Kier molecular flexibility index (Phi) is 5.05. The molecule has 1 fully saturated rings. The normalized spacial score (nSPS) is 21.9. The first kappa shape index (κ1) is 16.0. The number of nitrogens with zero attached hydrogens (tertiary/aromatic N) is 1. The minimum atomic E-state index is -3.22. The third-order valence-electron chi connectivity index (χ3n) is 3.70. The molecular formula is C14H22N2O4S. The fourth-order valence-electron chi connectivity index (χ4n) is 2.60. The van der Waals surface area contributed by atoms with Gasteiger partial charge in [0.25, 0.3) is 0 Å². The van der Waals surface area contributed by atoms with Gasteiger partial charge in [0.2, 0.25) is 15.9 Å². The molecule has 0 bridgehead atoms. The Hall–Kier alpha value is -1.34. The Morgan fingerprint density at radius 1 is 1.57 bits per heavy atom. The number of sulfonamides is 1. The molecule has 1 aliphatic rings. The van der Waals surface area contributed by atoms with Crippen molar-refractivity contribution < 1.29 is 17.6 Å². The second kappa shape index (κ2) is 6.62. The van der Waals surface area contributed by atoms with Crippen molar-refractivity contribution in [1.29, 1.82) is 0 Å². The van der Waals surface area contributed by atoms with E-state index in [9.17, 15) is 13.2 Å². The maximum Gasteiger partial charge on any atom is 0.224 e. The van der Waals surface area contributed by atoms with Gasteiger partial charge in [0.15, 0.2) is 0 Å². The molecule has 0 spiro atoms. The molecule has 1 saturated heterocycles. The van der Waals surface area contributed by atoms with Gasteiger partial charge in [-0.25, -0.2) is 12.7 Å². The Morgan fingerprint density at radius 3 is 2.95 bits per heavy atom. The molecule has 1 aromatic heterocycles. The molecule has 0 saturated carbocycles. The van der Waals surface area contributed by atoms with Gasteiger partial charge >= 0.3 is 0 Å². The van der Waals surface area contributed by atoms with Gasteiger partial charge in [-0.1, -0.05) is 0 Å². The summed E-state index contributed by atoms with van der Waals surface area (Å²) < 4.78 is 29.8. The first-order chi connectivity index (χ1) is 9.86. The highest BCUT2D eigenvalue weighted by Gasteiger charge is 2.30. The molecule has 118 valence electrons. The van der Waals surface area contributed by atoms with Crippen molar-refractivity contribution in [2.24, 2.45) is 5.92 Å². The Bertz CT molecular complexity index is 568. The van der Waals surface area contributed by atoms with Crippen LogP contribution >= 0.6 is 0 Å². The molecular weight excluding hydrogens is 292 g/mol. The van der Waals surface area contributed by atoms with E-state index in [1.807, 2.05) is 19.1 Å². The Labute approximate surface area is 125 Å². The number of furan rings is 1. The molecule has 1 aliphatic heterocycles.